The lowest BCUT2D eigenvalue weighted by Crippen LogP contribution is -2.35. The highest BCUT2D eigenvalue weighted by atomic mass is 19.1. The van der Waals surface area contributed by atoms with Crippen LogP contribution in [0, 0.1) is 0 Å². The summed E-state index contributed by atoms with van der Waals surface area (Å²) in [5, 5.41) is 9.26. The van der Waals surface area contributed by atoms with Crippen molar-refractivity contribution in [1.82, 2.24) is 0 Å². The Kier molecular flexibility index (Phi) is 4.19. The Morgan fingerprint density at radius 3 is 2.50 bits per heavy atom. The lowest BCUT2D eigenvalue weighted by molar-refractivity contribution is -0.171. The van der Waals surface area contributed by atoms with Crippen molar-refractivity contribution in [3.63, 3.8) is 0 Å². The standard InChI is InChI=1S/C9H13FO6/c1-4(11)14-3-6-7(10)8(9(13)16-6)15-5(2)12/h6-9,13H,3H2,1-2H3/t6?,7?,8-,9?/m1/s1. The third-order valence-electron chi connectivity index (χ3n) is 2.02. The molecule has 92 valence electrons. The second-order valence-corrected chi connectivity index (χ2v) is 3.39. The van der Waals surface area contributed by atoms with Gasteiger partial charge in [0.25, 0.3) is 0 Å². The molecule has 0 spiro atoms. The average molecular weight is 236 g/mol. The van der Waals surface area contributed by atoms with Gasteiger partial charge in [0.2, 0.25) is 0 Å². The van der Waals surface area contributed by atoms with Crippen molar-refractivity contribution in [3.8, 4) is 0 Å². The molecule has 0 saturated carbocycles. The third-order valence-corrected chi connectivity index (χ3v) is 2.02. The maximum atomic E-state index is 13.6. The van der Waals surface area contributed by atoms with Crippen molar-refractivity contribution in [2.45, 2.75) is 38.5 Å². The topological polar surface area (TPSA) is 82.1 Å². The van der Waals surface area contributed by atoms with Crippen LogP contribution in [0.5, 0.6) is 0 Å². The van der Waals surface area contributed by atoms with Gasteiger partial charge in [-0.25, -0.2) is 4.39 Å². The summed E-state index contributed by atoms with van der Waals surface area (Å²) in [6.45, 7) is 1.94. The summed E-state index contributed by atoms with van der Waals surface area (Å²) in [6.07, 6.45) is -5.76. The molecule has 1 saturated heterocycles. The fourth-order valence-corrected chi connectivity index (χ4v) is 1.35. The van der Waals surface area contributed by atoms with Gasteiger partial charge in [-0.05, 0) is 0 Å². The number of aliphatic hydroxyl groups excluding tert-OH is 1. The zero-order valence-electron chi connectivity index (χ0n) is 8.88. The van der Waals surface area contributed by atoms with Gasteiger partial charge in [-0.2, -0.15) is 0 Å². The van der Waals surface area contributed by atoms with Crippen LogP contribution in [0.25, 0.3) is 0 Å². The molecular weight excluding hydrogens is 223 g/mol. The number of rotatable bonds is 3. The van der Waals surface area contributed by atoms with E-state index in [9.17, 15) is 19.1 Å². The first-order valence-electron chi connectivity index (χ1n) is 4.70. The zero-order valence-corrected chi connectivity index (χ0v) is 8.88. The van der Waals surface area contributed by atoms with E-state index in [1.807, 2.05) is 0 Å². The van der Waals surface area contributed by atoms with Gasteiger partial charge in [-0.15, -0.1) is 0 Å². The molecule has 7 heteroatoms. The Hall–Kier alpha value is -1.21. The summed E-state index contributed by atoms with van der Waals surface area (Å²) in [5.74, 6) is -1.30. The van der Waals surface area contributed by atoms with E-state index in [0.717, 1.165) is 6.92 Å². The van der Waals surface area contributed by atoms with E-state index in [-0.39, 0.29) is 6.61 Å². The average Bonchev–Trinajstić information content (AvgIpc) is 2.42. The molecule has 0 aromatic rings. The monoisotopic (exact) mass is 236 g/mol. The van der Waals surface area contributed by atoms with Crippen molar-refractivity contribution in [2.75, 3.05) is 6.61 Å². The molecule has 0 aromatic heterocycles. The summed E-state index contributed by atoms with van der Waals surface area (Å²) in [5.41, 5.74) is 0. The summed E-state index contributed by atoms with van der Waals surface area (Å²) in [4.78, 5) is 21.1. The number of carbonyl (C=O) groups is 2. The summed E-state index contributed by atoms with van der Waals surface area (Å²) >= 11 is 0. The first kappa shape index (κ1) is 12.9. The molecule has 6 nitrogen and oxygen atoms in total. The molecular formula is C9H13FO6. The van der Waals surface area contributed by atoms with E-state index in [0.29, 0.717) is 0 Å². The highest BCUT2D eigenvalue weighted by Gasteiger charge is 2.47. The molecule has 0 bridgehead atoms. The minimum Gasteiger partial charge on any atom is -0.463 e. The Labute approximate surface area is 91.3 Å². The quantitative estimate of drug-likeness (QED) is 0.667. The van der Waals surface area contributed by atoms with E-state index in [1.54, 1.807) is 0 Å². The third kappa shape index (κ3) is 3.14. The maximum Gasteiger partial charge on any atom is 0.303 e. The van der Waals surface area contributed by atoms with E-state index in [2.05, 4.69) is 9.47 Å². The SMILES string of the molecule is CC(=O)OCC1OC(O)[C@H](OC(C)=O)C1F. The molecule has 1 heterocycles. The molecule has 0 amide bonds. The zero-order chi connectivity index (χ0) is 12.3. The lowest BCUT2D eigenvalue weighted by atomic mass is 10.2. The molecule has 3 unspecified atom stereocenters. The lowest BCUT2D eigenvalue weighted by Gasteiger charge is -2.15. The predicted octanol–water partition coefficient (Wildman–Crippen LogP) is -0.464. The van der Waals surface area contributed by atoms with Crippen molar-refractivity contribution in [3.05, 3.63) is 0 Å². The first-order chi connectivity index (χ1) is 7.41. The van der Waals surface area contributed by atoms with Crippen LogP contribution in [0.1, 0.15) is 13.8 Å². The van der Waals surface area contributed by atoms with E-state index in [1.165, 1.54) is 6.92 Å². The van der Waals surface area contributed by atoms with Gasteiger partial charge < -0.3 is 19.3 Å². The molecule has 4 atom stereocenters. The number of hydrogen-bond donors (Lipinski definition) is 1. The molecule has 1 rings (SSSR count). The molecule has 1 fully saturated rings. The van der Waals surface area contributed by atoms with Gasteiger partial charge in [0, 0.05) is 13.8 Å². The molecule has 1 aliphatic heterocycles. The minimum atomic E-state index is -1.72. The van der Waals surface area contributed by atoms with Crippen LogP contribution in [0.4, 0.5) is 4.39 Å². The van der Waals surface area contributed by atoms with Crippen molar-refractivity contribution >= 4 is 11.9 Å². The van der Waals surface area contributed by atoms with Crippen molar-refractivity contribution in [2.24, 2.45) is 0 Å². The van der Waals surface area contributed by atoms with Gasteiger partial charge in [0.05, 0.1) is 0 Å². The van der Waals surface area contributed by atoms with Crippen LogP contribution in [0.15, 0.2) is 0 Å². The van der Waals surface area contributed by atoms with Crippen molar-refractivity contribution < 1.29 is 33.3 Å². The normalized spacial score (nSPS) is 33.5. The van der Waals surface area contributed by atoms with Gasteiger partial charge in [-0.3, -0.25) is 9.59 Å². The van der Waals surface area contributed by atoms with E-state index >= 15 is 0 Å². The van der Waals surface area contributed by atoms with Crippen LogP contribution in [-0.4, -0.2) is 48.3 Å². The van der Waals surface area contributed by atoms with Gasteiger partial charge in [0.1, 0.15) is 12.7 Å². The number of ether oxygens (including phenoxy) is 3. The Morgan fingerprint density at radius 2 is 2.00 bits per heavy atom. The summed E-state index contributed by atoms with van der Waals surface area (Å²) in [7, 11) is 0. The molecule has 1 aliphatic rings. The molecule has 0 aliphatic carbocycles. The molecule has 0 aromatic carbocycles. The van der Waals surface area contributed by atoms with Gasteiger partial charge >= 0.3 is 11.9 Å². The van der Waals surface area contributed by atoms with E-state index in [4.69, 9.17) is 4.74 Å². The number of aliphatic hydroxyl groups is 1. The van der Waals surface area contributed by atoms with Crippen LogP contribution in [0.2, 0.25) is 0 Å². The smallest absolute Gasteiger partial charge is 0.303 e. The van der Waals surface area contributed by atoms with Gasteiger partial charge in [0.15, 0.2) is 18.6 Å². The van der Waals surface area contributed by atoms with E-state index < -0.39 is 36.6 Å². The molecule has 1 N–H and O–H groups in total. The minimum absolute atomic E-state index is 0.328. The maximum absolute atomic E-state index is 13.6. The summed E-state index contributed by atoms with van der Waals surface area (Å²) < 4.78 is 27.4. The van der Waals surface area contributed by atoms with Crippen LogP contribution >= 0.6 is 0 Å². The molecule has 16 heavy (non-hydrogen) atoms. The highest BCUT2D eigenvalue weighted by Crippen LogP contribution is 2.25. The van der Waals surface area contributed by atoms with Crippen molar-refractivity contribution in [1.29, 1.82) is 0 Å². The van der Waals surface area contributed by atoms with Crippen LogP contribution in [0.3, 0.4) is 0 Å². The number of hydrogen-bond acceptors (Lipinski definition) is 6. The number of alkyl halides is 1. The highest BCUT2D eigenvalue weighted by molar-refractivity contribution is 5.66. The number of esters is 2. The Morgan fingerprint density at radius 1 is 1.38 bits per heavy atom. The Balaban J connectivity index is 2.52. The van der Waals surface area contributed by atoms with Gasteiger partial charge in [-0.1, -0.05) is 0 Å². The predicted molar refractivity (Wildman–Crippen MR) is 48.0 cm³/mol. The molecule has 0 radical (unpaired) electrons. The van der Waals surface area contributed by atoms with Crippen LogP contribution < -0.4 is 0 Å². The number of carbonyl (C=O) groups excluding carboxylic acids is 2. The first-order valence-corrected chi connectivity index (χ1v) is 4.70. The second kappa shape index (κ2) is 5.22. The number of halogens is 1. The summed E-state index contributed by atoms with van der Waals surface area (Å²) in [6, 6.07) is 0. The fraction of sp³-hybridized carbons (Fsp3) is 0.778. The fourth-order valence-electron chi connectivity index (χ4n) is 1.35. The van der Waals surface area contributed by atoms with Crippen LogP contribution in [-0.2, 0) is 23.8 Å². The Bertz CT molecular complexity index is 281. The second-order valence-electron chi connectivity index (χ2n) is 3.39. The largest absolute Gasteiger partial charge is 0.463 e.